The lowest BCUT2D eigenvalue weighted by molar-refractivity contribution is -0.110. The molecule has 23 heavy (non-hydrogen) atoms. The van der Waals surface area contributed by atoms with E-state index >= 15 is 0 Å². The van der Waals surface area contributed by atoms with E-state index in [0.29, 0.717) is 5.92 Å². The van der Waals surface area contributed by atoms with Gasteiger partial charge in [0, 0.05) is 22.6 Å². The minimum absolute atomic E-state index is 0.00564. The molecule has 1 aliphatic heterocycles. The Balaban J connectivity index is 1.78. The summed E-state index contributed by atoms with van der Waals surface area (Å²) in [5.41, 5.74) is 7.73. The number of fused-ring (bicyclic) bond motifs is 2. The van der Waals surface area contributed by atoms with E-state index in [1.807, 2.05) is 18.2 Å². The van der Waals surface area contributed by atoms with Gasteiger partial charge in [-0.15, -0.1) is 0 Å². The molecule has 2 N–H and O–H groups in total. The van der Waals surface area contributed by atoms with Crippen molar-refractivity contribution in [3.63, 3.8) is 0 Å². The molecule has 1 aromatic heterocycles. The van der Waals surface area contributed by atoms with Crippen LogP contribution in [-0.2, 0) is 11.2 Å². The van der Waals surface area contributed by atoms with Crippen molar-refractivity contribution in [3.05, 3.63) is 52.3 Å². The van der Waals surface area contributed by atoms with E-state index < -0.39 is 0 Å². The van der Waals surface area contributed by atoms with Crippen LogP contribution in [0.15, 0.2) is 24.3 Å². The molecule has 1 atom stereocenters. The molecule has 2 heterocycles. The summed E-state index contributed by atoms with van der Waals surface area (Å²) < 4.78 is 0. The fraction of sp³-hybridized carbons (Fsp3) is 0.350. The van der Waals surface area contributed by atoms with Crippen LogP contribution in [0.5, 0.6) is 0 Å². The molecular formula is C20H22N2O. The summed E-state index contributed by atoms with van der Waals surface area (Å²) in [6, 6.07) is 8.25. The summed E-state index contributed by atoms with van der Waals surface area (Å²) in [5.74, 6) is 0.655. The van der Waals surface area contributed by atoms with Gasteiger partial charge in [-0.25, -0.2) is 0 Å². The molecule has 0 spiro atoms. The lowest BCUT2D eigenvalue weighted by Crippen LogP contribution is -2.07. The zero-order valence-corrected chi connectivity index (χ0v) is 13.7. The first-order chi connectivity index (χ1) is 11.2. The maximum Gasteiger partial charge on any atom is 0.256 e. The second kappa shape index (κ2) is 5.41. The first-order valence-corrected chi connectivity index (χ1v) is 8.52. The first-order valence-electron chi connectivity index (χ1n) is 8.52. The Morgan fingerprint density at radius 1 is 1.35 bits per heavy atom. The van der Waals surface area contributed by atoms with Crippen LogP contribution in [0.2, 0.25) is 0 Å². The highest BCUT2D eigenvalue weighted by Crippen LogP contribution is 2.38. The van der Waals surface area contributed by atoms with E-state index in [1.54, 1.807) is 0 Å². The highest BCUT2D eigenvalue weighted by atomic mass is 16.2. The molecule has 0 radical (unpaired) electrons. The third kappa shape index (κ3) is 2.31. The van der Waals surface area contributed by atoms with Gasteiger partial charge in [-0.2, -0.15) is 0 Å². The van der Waals surface area contributed by atoms with Gasteiger partial charge in [-0.3, -0.25) is 4.79 Å². The predicted molar refractivity (Wildman–Crippen MR) is 94.4 cm³/mol. The second-order valence-corrected chi connectivity index (χ2v) is 6.67. The number of H-pyrrole nitrogens is 1. The monoisotopic (exact) mass is 306 g/mol. The number of carbonyl (C=O) groups excluding carboxylic acids is 1. The van der Waals surface area contributed by atoms with Gasteiger partial charge in [-0.05, 0) is 67.9 Å². The molecule has 4 rings (SSSR count). The summed E-state index contributed by atoms with van der Waals surface area (Å²) >= 11 is 0. The van der Waals surface area contributed by atoms with Gasteiger partial charge in [0.2, 0.25) is 0 Å². The summed E-state index contributed by atoms with van der Waals surface area (Å²) in [6.07, 6.45) is 6.85. The highest BCUT2D eigenvalue weighted by Gasteiger charge is 2.26. The SMILES string of the molecule is CCC1CCCc2[nH]c(C=C3C(=O)Nc4cccc(C)c43)cc21. The maximum atomic E-state index is 12.4. The lowest BCUT2D eigenvalue weighted by Gasteiger charge is -2.20. The molecule has 1 aromatic carbocycles. The zero-order valence-electron chi connectivity index (χ0n) is 13.7. The van der Waals surface area contributed by atoms with Crippen LogP contribution in [0, 0.1) is 6.92 Å². The number of nitrogens with one attached hydrogen (secondary N) is 2. The van der Waals surface area contributed by atoms with E-state index in [4.69, 9.17) is 0 Å². The molecule has 2 aromatic rings. The lowest BCUT2D eigenvalue weighted by atomic mass is 9.85. The van der Waals surface area contributed by atoms with Crippen LogP contribution >= 0.6 is 0 Å². The van der Waals surface area contributed by atoms with Crippen LogP contribution in [0.3, 0.4) is 0 Å². The van der Waals surface area contributed by atoms with Gasteiger partial charge >= 0.3 is 0 Å². The fourth-order valence-electron chi connectivity index (χ4n) is 4.02. The van der Waals surface area contributed by atoms with Gasteiger partial charge in [0.25, 0.3) is 5.91 Å². The van der Waals surface area contributed by atoms with Crippen molar-refractivity contribution in [3.8, 4) is 0 Å². The number of aryl methyl sites for hydroxylation is 2. The van der Waals surface area contributed by atoms with Crippen LogP contribution < -0.4 is 5.32 Å². The van der Waals surface area contributed by atoms with Crippen LogP contribution in [0.4, 0.5) is 5.69 Å². The minimum Gasteiger partial charge on any atom is -0.359 e. The van der Waals surface area contributed by atoms with Gasteiger partial charge in [0.15, 0.2) is 0 Å². The van der Waals surface area contributed by atoms with E-state index in [9.17, 15) is 4.79 Å². The molecule has 1 aliphatic carbocycles. The van der Waals surface area contributed by atoms with Crippen molar-refractivity contribution >= 4 is 23.2 Å². The number of carbonyl (C=O) groups is 1. The third-order valence-electron chi connectivity index (χ3n) is 5.20. The fourth-order valence-corrected chi connectivity index (χ4v) is 4.02. The quantitative estimate of drug-likeness (QED) is 0.780. The largest absolute Gasteiger partial charge is 0.359 e. The van der Waals surface area contributed by atoms with Gasteiger partial charge in [0.05, 0.1) is 5.57 Å². The first kappa shape index (κ1) is 14.3. The van der Waals surface area contributed by atoms with Crippen LogP contribution in [0.25, 0.3) is 11.6 Å². The second-order valence-electron chi connectivity index (χ2n) is 6.67. The number of hydrogen-bond acceptors (Lipinski definition) is 1. The average Bonchev–Trinajstić information content (AvgIpc) is 3.09. The van der Waals surface area contributed by atoms with E-state index in [1.165, 1.54) is 30.5 Å². The molecule has 0 fully saturated rings. The predicted octanol–water partition coefficient (Wildman–Crippen LogP) is 4.65. The summed E-state index contributed by atoms with van der Waals surface area (Å²) in [6.45, 7) is 4.31. The van der Waals surface area contributed by atoms with Crippen molar-refractivity contribution in [1.82, 2.24) is 4.98 Å². The summed E-state index contributed by atoms with van der Waals surface area (Å²) in [7, 11) is 0. The van der Waals surface area contributed by atoms with Crippen LogP contribution in [0.1, 0.15) is 60.2 Å². The Hall–Kier alpha value is -2.29. The van der Waals surface area contributed by atoms with Gasteiger partial charge in [0.1, 0.15) is 0 Å². The van der Waals surface area contributed by atoms with Crippen molar-refractivity contribution in [2.75, 3.05) is 5.32 Å². The molecule has 3 heteroatoms. The van der Waals surface area contributed by atoms with Crippen molar-refractivity contribution in [1.29, 1.82) is 0 Å². The number of amides is 1. The molecule has 2 aliphatic rings. The number of anilines is 1. The molecule has 0 bridgehead atoms. The van der Waals surface area contributed by atoms with Crippen molar-refractivity contribution in [2.45, 2.75) is 45.4 Å². The average molecular weight is 306 g/mol. The Kier molecular flexibility index (Phi) is 3.37. The Morgan fingerprint density at radius 2 is 2.22 bits per heavy atom. The van der Waals surface area contributed by atoms with Crippen LogP contribution in [-0.4, -0.2) is 10.9 Å². The normalized spacial score (nSPS) is 21.2. The molecule has 1 unspecified atom stereocenters. The molecule has 1 amide bonds. The summed E-state index contributed by atoms with van der Waals surface area (Å²) in [4.78, 5) is 15.9. The number of aromatic nitrogens is 1. The highest BCUT2D eigenvalue weighted by molar-refractivity contribution is 6.35. The molecular weight excluding hydrogens is 284 g/mol. The Labute approximate surface area is 136 Å². The zero-order chi connectivity index (χ0) is 16.0. The number of hydrogen-bond donors (Lipinski definition) is 2. The van der Waals surface area contributed by atoms with E-state index in [0.717, 1.165) is 34.5 Å². The Bertz CT molecular complexity index is 813. The number of aromatic amines is 1. The van der Waals surface area contributed by atoms with Crippen molar-refractivity contribution in [2.24, 2.45) is 0 Å². The minimum atomic E-state index is -0.00564. The number of benzene rings is 1. The Morgan fingerprint density at radius 3 is 3.04 bits per heavy atom. The smallest absolute Gasteiger partial charge is 0.256 e. The molecule has 3 nitrogen and oxygen atoms in total. The van der Waals surface area contributed by atoms with E-state index in [-0.39, 0.29) is 5.91 Å². The molecule has 0 saturated carbocycles. The number of rotatable bonds is 2. The summed E-state index contributed by atoms with van der Waals surface area (Å²) in [5, 5.41) is 2.97. The van der Waals surface area contributed by atoms with Gasteiger partial charge < -0.3 is 10.3 Å². The third-order valence-corrected chi connectivity index (χ3v) is 5.20. The van der Waals surface area contributed by atoms with E-state index in [2.05, 4.69) is 36.3 Å². The maximum absolute atomic E-state index is 12.4. The molecule has 118 valence electrons. The van der Waals surface area contributed by atoms with Crippen molar-refractivity contribution < 1.29 is 4.79 Å². The van der Waals surface area contributed by atoms with Gasteiger partial charge in [-0.1, -0.05) is 19.1 Å². The standard InChI is InChI=1S/C20H22N2O/c1-3-13-7-5-8-17-15(13)10-14(21-17)11-16-19-12(2)6-4-9-18(19)22-20(16)23/h4,6,9-11,13,21H,3,5,7-8H2,1-2H3,(H,22,23). The topological polar surface area (TPSA) is 44.9 Å². The molecule has 0 saturated heterocycles.